The molecule has 0 aliphatic heterocycles. The quantitative estimate of drug-likeness (QED) is 0.0541. The number of benzene rings is 3. The van der Waals surface area contributed by atoms with Gasteiger partial charge in [0.15, 0.2) is 0 Å². The molecule has 0 saturated heterocycles. The molecule has 1 heterocycles. The molecule has 0 radical (unpaired) electrons. The number of ether oxygens (including phenoxy) is 3. The van der Waals surface area contributed by atoms with Gasteiger partial charge in [0.2, 0.25) is 17.8 Å². The first kappa shape index (κ1) is 35.3. The van der Waals surface area contributed by atoms with Crippen molar-refractivity contribution in [3.8, 4) is 0 Å². The van der Waals surface area contributed by atoms with E-state index >= 15 is 0 Å². The Morgan fingerprint density at radius 2 is 0.875 bits per heavy atom. The van der Waals surface area contributed by atoms with E-state index in [1.165, 1.54) is 0 Å². The third kappa shape index (κ3) is 11.1. The maximum atomic E-state index is 12.5. The van der Waals surface area contributed by atoms with Crippen LogP contribution < -0.4 is 16.0 Å². The van der Waals surface area contributed by atoms with E-state index in [9.17, 15) is 14.4 Å². The van der Waals surface area contributed by atoms with E-state index in [0.29, 0.717) is 53.6 Å². The van der Waals surface area contributed by atoms with Crippen molar-refractivity contribution in [2.45, 2.75) is 59.3 Å². The molecule has 4 aromatic rings. The van der Waals surface area contributed by atoms with Crippen LogP contribution in [0.5, 0.6) is 0 Å². The van der Waals surface area contributed by atoms with Gasteiger partial charge in [-0.2, -0.15) is 15.0 Å². The van der Waals surface area contributed by atoms with E-state index in [0.717, 1.165) is 38.5 Å². The molecule has 0 amide bonds. The predicted octanol–water partition coefficient (Wildman–Crippen LogP) is 7.97. The maximum absolute atomic E-state index is 12.5. The van der Waals surface area contributed by atoms with Crippen molar-refractivity contribution in [1.82, 2.24) is 15.0 Å². The first-order chi connectivity index (χ1) is 23.4. The summed E-state index contributed by atoms with van der Waals surface area (Å²) in [6, 6.07) is 20.4. The highest BCUT2D eigenvalue weighted by Crippen LogP contribution is 2.23. The Bertz CT molecular complexity index is 1560. The summed E-state index contributed by atoms with van der Waals surface area (Å²) < 4.78 is 15.9. The second-order valence-electron chi connectivity index (χ2n) is 10.9. The van der Waals surface area contributed by atoms with E-state index in [1.54, 1.807) is 72.8 Å². The highest BCUT2D eigenvalue weighted by molar-refractivity contribution is 5.91. The SMILES string of the molecule is CCCCOC(=O)c1ccc(Nc2nc(Nc3ccc(C(=O)OCCCC)cc3)nc(Nc3cccc(C(=O)OCCCC)c3)n2)cc1. The fourth-order valence-electron chi connectivity index (χ4n) is 4.21. The van der Waals surface area contributed by atoms with Crippen LogP contribution >= 0.6 is 0 Å². The summed E-state index contributed by atoms with van der Waals surface area (Å²) in [6.45, 7) is 7.20. The molecule has 0 bridgehead atoms. The van der Waals surface area contributed by atoms with Gasteiger partial charge in [0.1, 0.15) is 0 Å². The van der Waals surface area contributed by atoms with Crippen molar-refractivity contribution in [2.24, 2.45) is 0 Å². The van der Waals surface area contributed by atoms with Gasteiger partial charge in [0, 0.05) is 17.1 Å². The lowest BCUT2D eigenvalue weighted by Gasteiger charge is -2.13. The molecule has 48 heavy (non-hydrogen) atoms. The highest BCUT2D eigenvalue weighted by atomic mass is 16.5. The summed E-state index contributed by atoms with van der Waals surface area (Å²) in [5.41, 5.74) is 3.09. The molecule has 0 aliphatic rings. The highest BCUT2D eigenvalue weighted by Gasteiger charge is 2.13. The standard InChI is InChI=1S/C36H42N6O6/c1-4-7-21-46-31(43)25-13-17-28(18-14-25)37-34-40-35(38-29-19-15-26(16-20-29)32(44)47-22-8-5-2)42-36(41-34)39-30-12-10-11-27(24-30)33(45)48-23-9-6-3/h10-20,24H,4-9,21-23H2,1-3H3,(H3,37,38,39,40,41,42). The number of esters is 3. The molecule has 3 N–H and O–H groups in total. The number of nitrogens with one attached hydrogen (secondary N) is 3. The first-order valence-electron chi connectivity index (χ1n) is 16.3. The zero-order chi connectivity index (χ0) is 34.1. The van der Waals surface area contributed by atoms with Gasteiger partial charge in [-0.1, -0.05) is 46.1 Å². The summed E-state index contributed by atoms with van der Waals surface area (Å²) in [7, 11) is 0. The van der Waals surface area contributed by atoms with Gasteiger partial charge in [0.05, 0.1) is 36.5 Å². The van der Waals surface area contributed by atoms with Crippen molar-refractivity contribution in [3.05, 3.63) is 89.5 Å². The fraction of sp³-hybridized carbons (Fsp3) is 0.333. The number of nitrogens with zero attached hydrogens (tertiary/aromatic N) is 3. The Labute approximate surface area is 280 Å². The second-order valence-corrected chi connectivity index (χ2v) is 10.9. The Morgan fingerprint density at radius 1 is 0.500 bits per heavy atom. The van der Waals surface area contributed by atoms with Crippen molar-refractivity contribution in [3.63, 3.8) is 0 Å². The molecule has 0 saturated carbocycles. The molecule has 0 unspecified atom stereocenters. The van der Waals surface area contributed by atoms with Gasteiger partial charge >= 0.3 is 17.9 Å². The van der Waals surface area contributed by atoms with E-state index in [1.807, 2.05) is 20.8 Å². The minimum atomic E-state index is -0.414. The minimum absolute atomic E-state index is 0.193. The van der Waals surface area contributed by atoms with E-state index in [-0.39, 0.29) is 29.8 Å². The number of carbonyl (C=O) groups is 3. The van der Waals surface area contributed by atoms with Crippen LogP contribution in [0.4, 0.5) is 34.9 Å². The monoisotopic (exact) mass is 654 g/mol. The zero-order valence-electron chi connectivity index (χ0n) is 27.6. The van der Waals surface area contributed by atoms with Crippen molar-refractivity contribution in [1.29, 1.82) is 0 Å². The Kier molecular flexibility index (Phi) is 13.7. The van der Waals surface area contributed by atoms with Crippen LogP contribution in [0.25, 0.3) is 0 Å². The summed E-state index contributed by atoms with van der Waals surface area (Å²) >= 11 is 0. The summed E-state index contributed by atoms with van der Waals surface area (Å²) in [5.74, 6) is -0.574. The number of unbranched alkanes of at least 4 members (excludes halogenated alkanes) is 3. The lowest BCUT2D eigenvalue weighted by Crippen LogP contribution is -2.09. The number of rotatable bonds is 18. The van der Waals surface area contributed by atoms with Crippen molar-refractivity contribution < 1.29 is 28.6 Å². The molecular weight excluding hydrogens is 612 g/mol. The molecular formula is C36H42N6O6. The summed E-state index contributed by atoms with van der Waals surface area (Å²) in [4.78, 5) is 50.8. The third-order valence-corrected chi connectivity index (χ3v) is 6.94. The molecule has 0 fully saturated rings. The average molecular weight is 655 g/mol. The molecule has 12 heteroatoms. The van der Waals surface area contributed by atoms with Crippen LogP contribution in [0, 0.1) is 0 Å². The molecule has 1 aromatic heterocycles. The summed E-state index contributed by atoms with van der Waals surface area (Å²) in [5, 5.41) is 9.45. The van der Waals surface area contributed by atoms with E-state index in [4.69, 9.17) is 14.2 Å². The Balaban J connectivity index is 1.54. The van der Waals surface area contributed by atoms with Crippen LogP contribution in [0.3, 0.4) is 0 Å². The topological polar surface area (TPSA) is 154 Å². The van der Waals surface area contributed by atoms with Crippen LogP contribution in [0.15, 0.2) is 72.8 Å². The normalized spacial score (nSPS) is 10.6. The average Bonchev–Trinajstić information content (AvgIpc) is 3.09. The van der Waals surface area contributed by atoms with Gasteiger partial charge in [0.25, 0.3) is 0 Å². The molecule has 0 aliphatic carbocycles. The van der Waals surface area contributed by atoms with Gasteiger partial charge in [-0.25, -0.2) is 14.4 Å². The fourth-order valence-corrected chi connectivity index (χ4v) is 4.21. The maximum Gasteiger partial charge on any atom is 0.338 e. The van der Waals surface area contributed by atoms with Crippen molar-refractivity contribution >= 4 is 52.8 Å². The van der Waals surface area contributed by atoms with Crippen LogP contribution in [0.1, 0.15) is 90.4 Å². The first-order valence-corrected chi connectivity index (χ1v) is 16.3. The number of hydrogen-bond donors (Lipinski definition) is 3. The van der Waals surface area contributed by atoms with Crippen molar-refractivity contribution in [2.75, 3.05) is 35.8 Å². The largest absolute Gasteiger partial charge is 0.462 e. The Hall–Kier alpha value is -5.52. The number of hydrogen-bond acceptors (Lipinski definition) is 12. The lowest BCUT2D eigenvalue weighted by atomic mass is 10.2. The van der Waals surface area contributed by atoms with Gasteiger partial charge in [-0.15, -0.1) is 0 Å². The van der Waals surface area contributed by atoms with Gasteiger partial charge < -0.3 is 30.2 Å². The molecule has 4 rings (SSSR count). The zero-order valence-corrected chi connectivity index (χ0v) is 27.6. The second kappa shape index (κ2) is 18.6. The van der Waals surface area contributed by atoms with Gasteiger partial charge in [-0.3, -0.25) is 0 Å². The van der Waals surface area contributed by atoms with E-state index < -0.39 is 5.97 Å². The van der Waals surface area contributed by atoms with Crippen LogP contribution in [-0.2, 0) is 14.2 Å². The number of anilines is 6. The van der Waals surface area contributed by atoms with Crippen LogP contribution in [-0.4, -0.2) is 52.7 Å². The molecule has 252 valence electrons. The Morgan fingerprint density at radius 3 is 1.27 bits per heavy atom. The molecule has 12 nitrogen and oxygen atoms in total. The predicted molar refractivity (Wildman–Crippen MR) is 185 cm³/mol. The molecule has 3 aromatic carbocycles. The lowest BCUT2D eigenvalue weighted by molar-refractivity contribution is 0.0490. The smallest absolute Gasteiger partial charge is 0.338 e. The van der Waals surface area contributed by atoms with Gasteiger partial charge in [-0.05, 0) is 86.0 Å². The van der Waals surface area contributed by atoms with E-state index in [2.05, 4.69) is 30.9 Å². The number of aromatic nitrogens is 3. The molecule has 0 spiro atoms. The summed E-state index contributed by atoms with van der Waals surface area (Å²) in [6.07, 6.45) is 5.20. The third-order valence-electron chi connectivity index (χ3n) is 6.94. The number of carbonyl (C=O) groups excluding carboxylic acids is 3. The van der Waals surface area contributed by atoms with Crippen LogP contribution in [0.2, 0.25) is 0 Å². The molecule has 0 atom stereocenters. The minimum Gasteiger partial charge on any atom is -0.462 e.